The Morgan fingerprint density at radius 3 is 2.72 bits per heavy atom. The number of ether oxygens (including phenoxy) is 1. The van der Waals surface area contributed by atoms with Gasteiger partial charge >= 0.3 is 0 Å². The summed E-state index contributed by atoms with van der Waals surface area (Å²) in [7, 11) is 0. The Balaban J connectivity index is 2.60. The Kier molecular flexibility index (Phi) is 4.73. The van der Waals surface area contributed by atoms with Crippen LogP contribution in [0.5, 0.6) is 0 Å². The summed E-state index contributed by atoms with van der Waals surface area (Å²) in [5, 5.41) is 2.79. The number of nitrogen functional groups attached to an aromatic ring is 1. The van der Waals surface area contributed by atoms with Crippen LogP contribution in [-0.4, -0.2) is 17.6 Å². The fraction of sp³-hybridized carbons (Fsp3) is 0.500. The van der Waals surface area contributed by atoms with E-state index in [1.807, 2.05) is 20.8 Å². The molecule has 1 aromatic carbocycles. The fourth-order valence-electron chi connectivity index (χ4n) is 1.48. The summed E-state index contributed by atoms with van der Waals surface area (Å²) < 4.78 is 5.71. The Morgan fingerprint density at radius 2 is 2.17 bits per heavy atom. The molecule has 1 amide bonds. The van der Waals surface area contributed by atoms with Crippen LogP contribution in [0.3, 0.4) is 0 Å². The maximum absolute atomic E-state index is 11.9. The van der Waals surface area contributed by atoms with E-state index in [0.29, 0.717) is 11.4 Å². The van der Waals surface area contributed by atoms with Crippen LogP contribution < -0.4 is 11.1 Å². The van der Waals surface area contributed by atoms with Crippen molar-refractivity contribution in [1.82, 2.24) is 0 Å². The number of nitrogens with two attached hydrogens (primary N) is 1. The number of anilines is 2. The summed E-state index contributed by atoms with van der Waals surface area (Å²) in [6.07, 6.45) is 0.351. The number of amides is 1. The highest BCUT2D eigenvalue weighted by Crippen LogP contribution is 2.18. The zero-order valence-corrected chi connectivity index (χ0v) is 11.5. The van der Waals surface area contributed by atoms with Crippen molar-refractivity contribution in [3.63, 3.8) is 0 Å². The fourth-order valence-corrected chi connectivity index (χ4v) is 1.48. The second kappa shape index (κ2) is 5.87. The van der Waals surface area contributed by atoms with Crippen LogP contribution in [0.2, 0.25) is 0 Å². The first-order valence-corrected chi connectivity index (χ1v) is 6.18. The molecule has 0 bridgehead atoms. The Bertz CT molecular complexity index is 416. The van der Waals surface area contributed by atoms with Gasteiger partial charge in [-0.25, -0.2) is 0 Å². The van der Waals surface area contributed by atoms with E-state index < -0.39 is 6.10 Å². The van der Waals surface area contributed by atoms with Crippen molar-refractivity contribution in [2.45, 2.75) is 45.8 Å². The lowest BCUT2D eigenvalue weighted by Gasteiger charge is -2.27. The number of nitrogens with one attached hydrogen (secondary N) is 1. The molecule has 0 saturated heterocycles. The molecule has 1 aromatic rings. The molecule has 3 N–H and O–H groups in total. The molecule has 4 nitrogen and oxygen atoms in total. The van der Waals surface area contributed by atoms with E-state index in [0.717, 1.165) is 6.42 Å². The SMILES string of the molecule is CCC(C)(C)OC(C)C(=O)Nc1cccc(N)c1. The van der Waals surface area contributed by atoms with Crippen LogP contribution in [0.4, 0.5) is 11.4 Å². The van der Waals surface area contributed by atoms with Crippen LogP contribution >= 0.6 is 0 Å². The van der Waals surface area contributed by atoms with Crippen molar-refractivity contribution in [2.24, 2.45) is 0 Å². The molecule has 1 rings (SSSR count). The molecule has 0 aromatic heterocycles. The average Bonchev–Trinajstić information content (AvgIpc) is 2.28. The van der Waals surface area contributed by atoms with Gasteiger partial charge in [0.1, 0.15) is 6.10 Å². The summed E-state index contributed by atoms with van der Waals surface area (Å²) in [6, 6.07) is 7.09. The summed E-state index contributed by atoms with van der Waals surface area (Å²) in [5.74, 6) is -0.165. The summed E-state index contributed by atoms with van der Waals surface area (Å²) in [5.41, 5.74) is 6.66. The van der Waals surface area contributed by atoms with Crippen molar-refractivity contribution in [1.29, 1.82) is 0 Å². The normalized spacial score (nSPS) is 13.1. The summed E-state index contributed by atoms with van der Waals surface area (Å²) in [4.78, 5) is 11.9. The molecular formula is C14H22N2O2. The van der Waals surface area contributed by atoms with Gasteiger partial charge in [-0.1, -0.05) is 13.0 Å². The average molecular weight is 250 g/mol. The lowest BCUT2D eigenvalue weighted by atomic mass is 10.1. The second-order valence-electron chi connectivity index (χ2n) is 4.99. The number of hydrogen-bond acceptors (Lipinski definition) is 3. The molecule has 0 radical (unpaired) electrons. The second-order valence-corrected chi connectivity index (χ2v) is 4.99. The third kappa shape index (κ3) is 4.37. The number of rotatable bonds is 5. The van der Waals surface area contributed by atoms with Gasteiger partial charge in [-0.15, -0.1) is 0 Å². The number of hydrogen-bond donors (Lipinski definition) is 2. The lowest BCUT2D eigenvalue weighted by Crippen LogP contribution is -2.36. The van der Waals surface area contributed by atoms with Crippen molar-refractivity contribution in [3.8, 4) is 0 Å². The predicted molar refractivity (Wildman–Crippen MR) is 74.4 cm³/mol. The molecule has 0 saturated carbocycles. The Morgan fingerprint density at radius 1 is 1.50 bits per heavy atom. The Hall–Kier alpha value is -1.55. The lowest BCUT2D eigenvalue weighted by molar-refractivity contribution is -0.137. The smallest absolute Gasteiger partial charge is 0.253 e. The van der Waals surface area contributed by atoms with Gasteiger partial charge in [0, 0.05) is 11.4 Å². The molecule has 0 heterocycles. The van der Waals surface area contributed by atoms with Crippen LogP contribution in [0.25, 0.3) is 0 Å². The molecule has 4 heteroatoms. The largest absolute Gasteiger partial charge is 0.399 e. The van der Waals surface area contributed by atoms with E-state index in [1.54, 1.807) is 31.2 Å². The first-order valence-electron chi connectivity index (χ1n) is 6.18. The van der Waals surface area contributed by atoms with E-state index in [9.17, 15) is 4.79 Å². The van der Waals surface area contributed by atoms with Gasteiger partial charge in [-0.3, -0.25) is 4.79 Å². The van der Waals surface area contributed by atoms with Gasteiger partial charge < -0.3 is 15.8 Å². The zero-order chi connectivity index (χ0) is 13.8. The van der Waals surface area contributed by atoms with Crippen LogP contribution in [0, 0.1) is 0 Å². The molecule has 0 aliphatic heterocycles. The minimum Gasteiger partial charge on any atom is -0.399 e. The van der Waals surface area contributed by atoms with Crippen molar-refractivity contribution in [2.75, 3.05) is 11.1 Å². The Labute approximate surface area is 109 Å². The minimum atomic E-state index is -0.499. The van der Waals surface area contributed by atoms with Crippen LogP contribution in [-0.2, 0) is 9.53 Å². The van der Waals surface area contributed by atoms with E-state index in [-0.39, 0.29) is 11.5 Å². The molecule has 0 aliphatic rings. The minimum absolute atomic E-state index is 0.165. The molecule has 0 aliphatic carbocycles. The third-order valence-corrected chi connectivity index (χ3v) is 2.87. The quantitative estimate of drug-likeness (QED) is 0.790. The van der Waals surface area contributed by atoms with E-state index in [2.05, 4.69) is 5.32 Å². The van der Waals surface area contributed by atoms with Crippen LogP contribution in [0.15, 0.2) is 24.3 Å². The predicted octanol–water partition coefficient (Wildman–Crippen LogP) is 2.80. The molecule has 18 heavy (non-hydrogen) atoms. The molecule has 1 unspecified atom stereocenters. The van der Waals surface area contributed by atoms with Gasteiger partial charge in [0.25, 0.3) is 5.91 Å². The third-order valence-electron chi connectivity index (χ3n) is 2.87. The molecule has 1 atom stereocenters. The van der Waals surface area contributed by atoms with Crippen molar-refractivity contribution < 1.29 is 9.53 Å². The highest BCUT2D eigenvalue weighted by molar-refractivity contribution is 5.94. The number of benzene rings is 1. The standard InChI is InChI=1S/C14H22N2O2/c1-5-14(3,4)18-10(2)13(17)16-12-8-6-7-11(15)9-12/h6-10H,5,15H2,1-4H3,(H,16,17). The highest BCUT2D eigenvalue weighted by Gasteiger charge is 2.23. The van der Waals surface area contributed by atoms with Gasteiger partial charge in [0.15, 0.2) is 0 Å². The maximum atomic E-state index is 11.9. The monoisotopic (exact) mass is 250 g/mol. The molecular weight excluding hydrogens is 228 g/mol. The molecule has 0 spiro atoms. The van der Waals surface area contributed by atoms with E-state index in [1.165, 1.54) is 0 Å². The van der Waals surface area contributed by atoms with Crippen LogP contribution in [0.1, 0.15) is 34.1 Å². The highest BCUT2D eigenvalue weighted by atomic mass is 16.5. The molecule has 100 valence electrons. The van der Waals surface area contributed by atoms with Crippen molar-refractivity contribution >= 4 is 17.3 Å². The number of carbonyl (C=O) groups excluding carboxylic acids is 1. The maximum Gasteiger partial charge on any atom is 0.253 e. The van der Waals surface area contributed by atoms with E-state index >= 15 is 0 Å². The summed E-state index contributed by atoms with van der Waals surface area (Å²) >= 11 is 0. The van der Waals surface area contributed by atoms with Gasteiger partial charge in [0.05, 0.1) is 5.60 Å². The molecule has 0 fully saturated rings. The van der Waals surface area contributed by atoms with Gasteiger partial charge in [-0.2, -0.15) is 0 Å². The van der Waals surface area contributed by atoms with E-state index in [4.69, 9.17) is 10.5 Å². The first kappa shape index (κ1) is 14.5. The first-order chi connectivity index (χ1) is 8.34. The number of carbonyl (C=O) groups is 1. The van der Waals surface area contributed by atoms with Gasteiger partial charge in [0.2, 0.25) is 0 Å². The topological polar surface area (TPSA) is 64.3 Å². The van der Waals surface area contributed by atoms with Crippen molar-refractivity contribution in [3.05, 3.63) is 24.3 Å². The zero-order valence-electron chi connectivity index (χ0n) is 11.5. The van der Waals surface area contributed by atoms with Gasteiger partial charge in [-0.05, 0) is 45.4 Å². The summed E-state index contributed by atoms with van der Waals surface area (Å²) in [6.45, 7) is 7.72.